The van der Waals surface area contributed by atoms with Crippen molar-refractivity contribution in [1.29, 1.82) is 0 Å². The minimum Gasteiger partial charge on any atom is -0.323 e. The van der Waals surface area contributed by atoms with Crippen molar-refractivity contribution in [2.24, 2.45) is 11.1 Å². The van der Waals surface area contributed by atoms with Gasteiger partial charge < -0.3 is 11.1 Å². The van der Waals surface area contributed by atoms with Crippen molar-refractivity contribution in [3.8, 4) is 0 Å². The summed E-state index contributed by atoms with van der Waals surface area (Å²) in [6.45, 7) is 2.01. The SMILES string of the molecule is N[C@@H]1c2ccc(F)nc2CC12CCNCC2. The molecule has 0 radical (unpaired) electrons. The Morgan fingerprint density at radius 1 is 1.38 bits per heavy atom. The Morgan fingerprint density at radius 2 is 2.12 bits per heavy atom. The molecule has 1 aliphatic heterocycles. The molecule has 0 aromatic carbocycles. The second-order valence-electron chi connectivity index (χ2n) is 4.94. The number of nitrogens with one attached hydrogen (secondary N) is 1. The summed E-state index contributed by atoms with van der Waals surface area (Å²) < 4.78 is 13.1. The number of nitrogens with zero attached hydrogens (tertiary/aromatic N) is 1. The monoisotopic (exact) mass is 221 g/mol. The van der Waals surface area contributed by atoms with Crippen LogP contribution in [0.5, 0.6) is 0 Å². The molecule has 0 bridgehead atoms. The molecule has 1 aliphatic carbocycles. The molecule has 1 fully saturated rings. The predicted octanol–water partition coefficient (Wildman–Crippen LogP) is 1.15. The minimum absolute atomic E-state index is 0.0256. The highest BCUT2D eigenvalue weighted by atomic mass is 19.1. The number of nitrogens with two attached hydrogens (primary N) is 1. The molecule has 16 heavy (non-hydrogen) atoms. The third kappa shape index (κ3) is 1.37. The van der Waals surface area contributed by atoms with Crippen molar-refractivity contribution in [2.75, 3.05) is 13.1 Å². The standard InChI is InChI=1S/C12H16FN3/c13-10-2-1-8-9(16-10)7-12(11(8)14)3-5-15-6-4-12/h1-2,11,15H,3-7,14H2/t11-/m1/s1. The zero-order chi connectivity index (χ0) is 11.2. The van der Waals surface area contributed by atoms with Gasteiger partial charge in [0.05, 0.1) is 0 Å². The maximum atomic E-state index is 13.1. The molecule has 4 heteroatoms. The summed E-state index contributed by atoms with van der Waals surface area (Å²) in [5.41, 5.74) is 8.35. The molecule has 0 amide bonds. The lowest BCUT2D eigenvalue weighted by Crippen LogP contribution is -2.42. The smallest absolute Gasteiger partial charge is 0.213 e. The fourth-order valence-electron chi connectivity index (χ4n) is 3.10. The number of aromatic nitrogens is 1. The number of hydrogen-bond donors (Lipinski definition) is 2. The van der Waals surface area contributed by atoms with Gasteiger partial charge in [0.25, 0.3) is 0 Å². The molecule has 86 valence electrons. The molecule has 0 saturated carbocycles. The molecule has 1 aromatic rings. The lowest BCUT2D eigenvalue weighted by molar-refractivity contribution is 0.173. The Balaban J connectivity index is 1.98. The molecule has 3 rings (SSSR count). The molecule has 1 spiro atoms. The minimum atomic E-state index is -0.392. The summed E-state index contributed by atoms with van der Waals surface area (Å²) in [5, 5.41) is 3.34. The van der Waals surface area contributed by atoms with Crippen molar-refractivity contribution < 1.29 is 4.39 Å². The second kappa shape index (κ2) is 3.50. The molecule has 0 unspecified atom stereocenters. The fourth-order valence-corrected chi connectivity index (χ4v) is 3.10. The predicted molar refractivity (Wildman–Crippen MR) is 59.4 cm³/mol. The summed E-state index contributed by atoms with van der Waals surface area (Å²) in [7, 11) is 0. The highest BCUT2D eigenvalue weighted by molar-refractivity contribution is 5.33. The number of hydrogen-bond acceptors (Lipinski definition) is 3. The van der Waals surface area contributed by atoms with Gasteiger partial charge in [-0.2, -0.15) is 4.39 Å². The van der Waals surface area contributed by atoms with Gasteiger partial charge in [0.15, 0.2) is 0 Å². The van der Waals surface area contributed by atoms with Crippen LogP contribution in [0.15, 0.2) is 12.1 Å². The van der Waals surface area contributed by atoms with Gasteiger partial charge in [-0.1, -0.05) is 6.07 Å². The van der Waals surface area contributed by atoms with Crippen LogP contribution in [0.1, 0.15) is 30.1 Å². The highest BCUT2D eigenvalue weighted by Crippen LogP contribution is 2.48. The van der Waals surface area contributed by atoms with E-state index in [1.807, 2.05) is 0 Å². The summed E-state index contributed by atoms with van der Waals surface area (Å²) in [5.74, 6) is -0.392. The third-order valence-electron chi connectivity index (χ3n) is 4.09. The number of halogens is 1. The Kier molecular flexibility index (Phi) is 2.23. The van der Waals surface area contributed by atoms with E-state index in [1.54, 1.807) is 6.07 Å². The molecule has 1 aromatic heterocycles. The van der Waals surface area contributed by atoms with E-state index in [2.05, 4.69) is 10.3 Å². The molecule has 2 aliphatic rings. The van der Waals surface area contributed by atoms with Gasteiger partial charge in [0.2, 0.25) is 5.95 Å². The van der Waals surface area contributed by atoms with Gasteiger partial charge in [-0.05, 0) is 49.4 Å². The van der Waals surface area contributed by atoms with Crippen LogP contribution in [0.4, 0.5) is 4.39 Å². The van der Waals surface area contributed by atoms with Crippen LogP contribution in [0.3, 0.4) is 0 Å². The third-order valence-corrected chi connectivity index (χ3v) is 4.09. The lowest BCUT2D eigenvalue weighted by Gasteiger charge is -2.37. The first-order valence-corrected chi connectivity index (χ1v) is 5.83. The average Bonchev–Trinajstić information content (AvgIpc) is 2.53. The molecular formula is C12H16FN3. The molecule has 3 N–H and O–H groups in total. The van der Waals surface area contributed by atoms with Crippen molar-refractivity contribution >= 4 is 0 Å². The number of piperidine rings is 1. The van der Waals surface area contributed by atoms with E-state index in [-0.39, 0.29) is 11.5 Å². The summed E-state index contributed by atoms with van der Waals surface area (Å²) in [6, 6.07) is 3.25. The van der Waals surface area contributed by atoms with E-state index in [4.69, 9.17) is 5.73 Å². The summed E-state index contributed by atoms with van der Waals surface area (Å²) >= 11 is 0. The van der Waals surface area contributed by atoms with E-state index in [1.165, 1.54) is 6.07 Å². The number of rotatable bonds is 0. The van der Waals surface area contributed by atoms with Crippen molar-refractivity contribution in [1.82, 2.24) is 10.3 Å². The van der Waals surface area contributed by atoms with E-state index >= 15 is 0 Å². The molecule has 1 atom stereocenters. The van der Waals surface area contributed by atoms with Crippen LogP contribution in [0.25, 0.3) is 0 Å². The van der Waals surface area contributed by atoms with Crippen LogP contribution < -0.4 is 11.1 Å². The second-order valence-corrected chi connectivity index (χ2v) is 4.94. The Morgan fingerprint density at radius 3 is 2.88 bits per heavy atom. The van der Waals surface area contributed by atoms with Gasteiger partial charge in [0.1, 0.15) is 0 Å². The summed E-state index contributed by atoms with van der Waals surface area (Å²) in [6.07, 6.45) is 2.96. The van der Waals surface area contributed by atoms with Crippen molar-refractivity contribution in [3.63, 3.8) is 0 Å². The molecule has 1 saturated heterocycles. The number of pyridine rings is 1. The Hall–Kier alpha value is -1.00. The summed E-state index contributed by atoms with van der Waals surface area (Å²) in [4.78, 5) is 3.99. The average molecular weight is 221 g/mol. The van der Waals surface area contributed by atoms with Crippen LogP contribution >= 0.6 is 0 Å². The Labute approximate surface area is 94.2 Å². The largest absolute Gasteiger partial charge is 0.323 e. The Bertz CT molecular complexity index is 413. The van der Waals surface area contributed by atoms with Crippen LogP contribution in [0.2, 0.25) is 0 Å². The van der Waals surface area contributed by atoms with Crippen molar-refractivity contribution in [3.05, 3.63) is 29.3 Å². The van der Waals surface area contributed by atoms with Gasteiger partial charge >= 0.3 is 0 Å². The molecule has 3 nitrogen and oxygen atoms in total. The zero-order valence-corrected chi connectivity index (χ0v) is 9.17. The van der Waals surface area contributed by atoms with E-state index in [0.717, 1.165) is 43.6 Å². The lowest BCUT2D eigenvalue weighted by atomic mass is 9.74. The zero-order valence-electron chi connectivity index (χ0n) is 9.17. The van der Waals surface area contributed by atoms with Gasteiger partial charge in [-0.3, -0.25) is 0 Å². The maximum absolute atomic E-state index is 13.1. The van der Waals surface area contributed by atoms with Gasteiger partial charge in [-0.15, -0.1) is 0 Å². The normalized spacial score (nSPS) is 27.0. The molecular weight excluding hydrogens is 205 g/mol. The van der Waals surface area contributed by atoms with Crippen LogP contribution in [-0.4, -0.2) is 18.1 Å². The van der Waals surface area contributed by atoms with Crippen LogP contribution in [-0.2, 0) is 6.42 Å². The van der Waals surface area contributed by atoms with Crippen LogP contribution in [0, 0.1) is 11.4 Å². The number of fused-ring (bicyclic) bond motifs is 1. The first-order valence-electron chi connectivity index (χ1n) is 5.83. The first-order chi connectivity index (χ1) is 7.71. The topological polar surface area (TPSA) is 50.9 Å². The van der Waals surface area contributed by atoms with Crippen molar-refractivity contribution in [2.45, 2.75) is 25.3 Å². The maximum Gasteiger partial charge on any atom is 0.213 e. The highest BCUT2D eigenvalue weighted by Gasteiger charge is 2.45. The first kappa shape index (κ1) is 10.2. The van der Waals surface area contributed by atoms with E-state index in [9.17, 15) is 4.39 Å². The quantitative estimate of drug-likeness (QED) is 0.646. The van der Waals surface area contributed by atoms with Gasteiger partial charge in [-0.25, -0.2) is 4.98 Å². The van der Waals surface area contributed by atoms with E-state index < -0.39 is 5.95 Å². The molecule has 2 heterocycles. The van der Waals surface area contributed by atoms with E-state index in [0.29, 0.717) is 0 Å². The fraction of sp³-hybridized carbons (Fsp3) is 0.583. The van der Waals surface area contributed by atoms with Gasteiger partial charge in [0, 0.05) is 11.7 Å².